The summed E-state index contributed by atoms with van der Waals surface area (Å²) in [5.74, 6) is -0.974. The number of ether oxygens (including phenoxy) is 1. The second-order valence-corrected chi connectivity index (χ2v) is 6.04. The number of pyridine rings is 1. The van der Waals surface area contributed by atoms with E-state index in [-0.39, 0.29) is 5.78 Å². The standard InChI is InChI=1S/C21H14F2N2O2/c1-27-17-4-2-3-12(7-17)20(26)19-11-25-21-18(19)8-14(10-24-21)13-5-15(22)9-16(23)6-13/h2-11H,1H3,(H,24,25). The molecule has 0 unspecified atom stereocenters. The zero-order chi connectivity index (χ0) is 19.0. The average molecular weight is 364 g/mol. The maximum absolute atomic E-state index is 13.5. The van der Waals surface area contributed by atoms with E-state index in [1.165, 1.54) is 25.4 Å². The Morgan fingerprint density at radius 3 is 2.56 bits per heavy atom. The molecule has 1 N–H and O–H groups in total. The fourth-order valence-electron chi connectivity index (χ4n) is 2.99. The predicted molar refractivity (Wildman–Crippen MR) is 97.9 cm³/mol. The predicted octanol–water partition coefficient (Wildman–Crippen LogP) is 4.75. The van der Waals surface area contributed by atoms with Crippen LogP contribution in [0.15, 0.2) is 60.9 Å². The first-order chi connectivity index (χ1) is 13.0. The first-order valence-corrected chi connectivity index (χ1v) is 8.17. The fraction of sp³-hybridized carbons (Fsp3) is 0.0476. The summed E-state index contributed by atoms with van der Waals surface area (Å²) in [5.41, 5.74) is 2.27. The Balaban J connectivity index is 1.81. The van der Waals surface area contributed by atoms with Gasteiger partial charge in [0.05, 0.1) is 7.11 Å². The summed E-state index contributed by atoms with van der Waals surface area (Å²) < 4.78 is 32.2. The van der Waals surface area contributed by atoms with Gasteiger partial charge in [0.25, 0.3) is 0 Å². The Bertz CT molecular complexity index is 1150. The van der Waals surface area contributed by atoms with E-state index in [4.69, 9.17) is 4.74 Å². The van der Waals surface area contributed by atoms with Crippen LogP contribution in [0.4, 0.5) is 8.78 Å². The normalized spacial score (nSPS) is 10.9. The van der Waals surface area contributed by atoms with Crippen molar-refractivity contribution in [1.29, 1.82) is 0 Å². The van der Waals surface area contributed by atoms with E-state index in [1.54, 1.807) is 36.5 Å². The second-order valence-electron chi connectivity index (χ2n) is 6.04. The number of benzene rings is 2. The van der Waals surface area contributed by atoms with Crippen molar-refractivity contribution in [2.75, 3.05) is 7.11 Å². The number of fused-ring (bicyclic) bond motifs is 1. The molecule has 0 spiro atoms. The summed E-state index contributed by atoms with van der Waals surface area (Å²) in [5, 5.41) is 0.574. The molecule has 0 bridgehead atoms. The highest BCUT2D eigenvalue weighted by molar-refractivity contribution is 6.16. The Hall–Kier alpha value is -3.54. The SMILES string of the molecule is COc1cccc(C(=O)c2c[nH]c3ncc(-c4cc(F)cc(F)c4)cc23)c1. The molecule has 2 aromatic heterocycles. The van der Waals surface area contributed by atoms with Crippen LogP contribution in [-0.2, 0) is 0 Å². The highest BCUT2D eigenvalue weighted by Gasteiger charge is 2.16. The molecule has 4 rings (SSSR count). The summed E-state index contributed by atoms with van der Waals surface area (Å²) in [7, 11) is 1.53. The van der Waals surface area contributed by atoms with Crippen LogP contribution in [-0.4, -0.2) is 22.9 Å². The maximum Gasteiger partial charge on any atom is 0.195 e. The monoisotopic (exact) mass is 364 g/mol. The number of carbonyl (C=O) groups is 1. The molecular formula is C21H14F2N2O2. The molecule has 27 heavy (non-hydrogen) atoms. The lowest BCUT2D eigenvalue weighted by atomic mass is 10.0. The fourth-order valence-corrected chi connectivity index (χ4v) is 2.99. The number of carbonyl (C=O) groups excluding carboxylic acids is 1. The minimum absolute atomic E-state index is 0.204. The average Bonchev–Trinajstić information content (AvgIpc) is 3.10. The van der Waals surface area contributed by atoms with Gasteiger partial charge in [-0.3, -0.25) is 4.79 Å². The van der Waals surface area contributed by atoms with Crippen LogP contribution in [0.2, 0.25) is 0 Å². The summed E-state index contributed by atoms with van der Waals surface area (Å²) >= 11 is 0. The number of H-pyrrole nitrogens is 1. The van der Waals surface area contributed by atoms with Gasteiger partial charge in [0.1, 0.15) is 23.0 Å². The lowest BCUT2D eigenvalue weighted by Crippen LogP contribution is -2.01. The van der Waals surface area contributed by atoms with Gasteiger partial charge in [0, 0.05) is 40.5 Å². The Kier molecular flexibility index (Phi) is 4.16. The molecule has 0 aliphatic heterocycles. The van der Waals surface area contributed by atoms with Crippen LogP contribution in [0.5, 0.6) is 5.75 Å². The van der Waals surface area contributed by atoms with Crippen LogP contribution in [0.3, 0.4) is 0 Å². The number of halogens is 2. The number of ketones is 1. The number of rotatable bonds is 4. The molecule has 0 saturated carbocycles. The second kappa shape index (κ2) is 6.64. The number of hydrogen-bond acceptors (Lipinski definition) is 3. The van der Waals surface area contributed by atoms with Crippen molar-refractivity contribution in [2.45, 2.75) is 0 Å². The van der Waals surface area contributed by atoms with Crippen LogP contribution in [0.1, 0.15) is 15.9 Å². The van der Waals surface area contributed by atoms with Gasteiger partial charge < -0.3 is 9.72 Å². The van der Waals surface area contributed by atoms with Gasteiger partial charge in [0.2, 0.25) is 0 Å². The van der Waals surface area contributed by atoms with Crippen molar-refractivity contribution in [2.24, 2.45) is 0 Å². The van der Waals surface area contributed by atoms with Crippen LogP contribution < -0.4 is 4.74 Å². The van der Waals surface area contributed by atoms with Gasteiger partial charge in [-0.25, -0.2) is 13.8 Å². The topological polar surface area (TPSA) is 55.0 Å². The minimum Gasteiger partial charge on any atom is -0.497 e. The highest BCUT2D eigenvalue weighted by Crippen LogP contribution is 2.27. The van der Waals surface area contributed by atoms with Gasteiger partial charge in [-0.2, -0.15) is 0 Å². The van der Waals surface area contributed by atoms with E-state index in [9.17, 15) is 13.6 Å². The lowest BCUT2D eigenvalue weighted by molar-refractivity contribution is 0.104. The molecule has 2 aromatic carbocycles. The molecule has 6 heteroatoms. The molecule has 0 fully saturated rings. The van der Waals surface area contributed by atoms with E-state index in [1.807, 2.05) is 0 Å². The Morgan fingerprint density at radius 1 is 1.04 bits per heavy atom. The van der Waals surface area contributed by atoms with Crippen molar-refractivity contribution in [3.8, 4) is 16.9 Å². The summed E-state index contributed by atoms with van der Waals surface area (Å²) in [4.78, 5) is 20.1. The maximum atomic E-state index is 13.5. The Labute approximate surface area is 153 Å². The number of hydrogen-bond donors (Lipinski definition) is 1. The first-order valence-electron chi connectivity index (χ1n) is 8.17. The zero-order valence-corrected chi connectivity index (χ0v) is 14.3. The number of nitrogens with one attached hydrogen (secondary N) is 1. The number of aromatic nitrogens is 2. The summed E-state index contributed by atoms with van der Waals surface area (Å²) in [6.45, 7) is 0. The molecule has 4 nitrogen and oxygen atoms in total. The molecule has 0 aliphatic rings. The van der Waals surface area contributed by atoms with Gasteiger partial charge in [-0.05, 0) is 35.9 Å². The van der Waals surface area contributed by atoms with Gasteiger partial charge >= 0.3 is 0 Å². The molecule has 0 saturated heterocycles. The van der Waals surface area contributed by atoms with Crippen molar-refractivity contribution < 1.29 is 18.3 Å². The van der Waals surface area contributed by atoms with Crippen molar-refractivity contribution in [1.82, 2.24) is 9.97 Å². The molecule has 0 aliphatic carbocycles. The quantitative estimate of drug-likeness (QED) is 0.532. The smallest absolute Gasteiger partial charge is 0.195 e. The van der Waals surface area contributed by atoms with Crippen molar-refractivity contribution in [3.63, 3.8) is 0 Å². The van der Waals surface area contributed by atoms with Crippen molar-refractivity contribution in [3.05, 3.63) is 83.7 Å². The number of aromatic amines is 1. The first kappa shape index (κ1) is 16.9. The molecule has 0 radical (unpaired) electrons. The highest BCUT2D eigenvalue weighted by atomic mass is 19.1. The van der Waals surface area contributed by atoms with E-state index in [0.29, 0.717) is 39.0 Å². The molecule has 2 heterocycles. The summed E-state index contributed by atoms with van der Waals surface area (Å²) in [6.07, 6.45) is 3.09. The Morgan fingerprint density at radius 2 is 1.81 bits per heavy atom. The van der Waals surface area contributed by atoms with E-state index < -0.39 is 11.6 Å². The van der Waals surface area contributed by atoms with E-state index in [0.717, 1.165) is 6.07 Å². The third kappa shape index (κ3) is 3.17. The number of nitrogens with zero attached hydrogens (tertiary/aromatic N) is 1. The van der Waals surface area contributed by atoms with E-state index >= 15 is 0 Å². The minimum atomic E-state index is -0.674. The van der Waals surface area contributed by atoms with Gasteiger partial charge in [-0.1, -0.05) is 12.1 Å². The molecule has 134 valence electrons. The number of methoxy groups -OCH3 is 1. The zero-order valence-electron chi connectivity index (χ0n) is 14.3. The lowest BCUT2D eigenvalue weighted by Gasteiger charge is -2.05. The van der Waals surface area contributed by atoms with Crippen molar-refractivity contribution >= 4 is 16.8 Å². The molecule has 0 amide bonds. The van der Waals surface area contributed by atoms with Crippen LogP contribution in [0.25, 0.3) is 22.2 Å². The summed E-state index contributed by atoms with van der Waals surface area (Å²) in [6, 6.07) is 11.8. The van der Waals surface area contributed by atoms with E-state index in [2.05, 4.69) is 9.97 Å². The van der Waals surface area contributed by atoms with Crippen LogP contribution in [0, 0.1) is 11.6 Å². The molecule has 4 aromatic rings. The van der Waals surface area contributed by atoms with Gasteiger partial charge in [0.15, 0.2) is 5.78 Å². The van der Waals surface area contributed by atoms with Crippen LogP contribution >= 0.6 is 0 Å². The third-order valence-electron chi connectivity index (χ3n) is 4.30. The van der Waals surface area contributed by atoms with Gasteiger partial charge in [-0.15, -0.1) is 0 Å². The molecule has 0 atom stereocenters. The third-order valence-corrected chi connectivity index (χ3v) is 4.30. The molecular weight excluding hydrogens is 350 g/mol. The largest absolute Gasteiger partial charge is 0.497 e.